The van der Waals surface area contributed by atoms with Crippen LogP contribution in [0.2, 0.25) is 0 Å². The third-order valence-corrected chi connectivity index (χ3v) is 7.43. The molecule has 0 heterocycles. The summed E-state index contributed by atoms with van der Waals surface area (Å²) in [6.45, 7) is 0. The number of benzene rings is 2. The highest BCUT2D eigenvalue weighted by atomic mass is 19.1. The lowest BCUT2D eigenvalue weighted by molar-refractivity contribution is 0.348. The molecule has 0 aromatic heterocycles. The minimum atomic E-state index is -0.798. The van der Waals surface area contributed by atoms with Crippen LogP contribution in [0.1, 0.15) is 63.4 Å². The number of rotatable bonds is 2. The number of nitrogens with one attached hydrogen (secondary N) is 1. The van der Waals surface area contributed by atoms with Crippen molar-refractivity contribution in [2.45, 2.75) is 76.2 Å². The highest BCUT2D eigenvalue weighted by Crippen LogP contribution is 2.46. The van der Waals surface area contributed by atoms with Crippen molar-refractivity contribution >= 4 is 11.4 Å². The van der Waals surface area contributed by atoms with Gasteiger partial charge in [0.1, 0.15) is 12.3 Å². The van der Waals surface area contributed by atoms with Gasteiger partial charge in [-0.1, -0.05) is 12.1 Å². The average Bonchev–Trinajstić information content (AvgIpc) is 3.41. The van der Waals surface area contributed by atoms with Gasteiger partial charge >= 0.3 is 0 Å². The minimum absolute atomic E-state index is 0.191. The van der Waals surface area contributed by atoms with Gasteiger partial charge in [0.05, 0.1) is 6.04 Å². The Kier molecular flexibility index (Phi) is 3.57. The lowest BCUT2D eigenvalue weighted by Gasteiger charge is -2.22. The molecule has 0 radical (unpaired) electrons. The first-order valence-electron chi connectivity index (χ1n) is 10.7. The number of anilines is 2. The molecule has 4 aliphatic carbocycles. The number of nitrogen functional groups attached to an aromatic ring is 1. The van der Waals surface area contributed by atoms with E-state index in [0.29, 0.717) is 25.7 Å². The van der Waals surface area contributed by atoms with Crippen LogP contribution in [0.3, 0.4) is 0 Å². The van der Waals surface area contributed by atoms with Crippen molar-refractivity contribution in [2.75, 3.05) is 11.1 Å². The molecule has 0 amide bonds. The Hall–Kier alpha value is -2.10. The first kappa shape index (κ1) is 16.8. The lowest BCUT2D eigenvalue weighted by atomic mass is 9.96. The van der Waals surface area contributed by atoms with Crippen molar-refractivity contribution in [2.24, 2.45) is 0 Å². The Balaban J connectivity index is 1.41. The molecule has 146 valence electrons. The highest BCUT2D eigenvalue weighted by molar-refractivity contribution is 5.69. The Morgan fingerprint density at radius 2 is 1.54 bits per heavy atom. The van der Waals surface area contributed by atoms with E-state index in [2.05, 4.69) is 17.4 Å². The Morgan fingerprint density at radius 1 is 0.786 bits per heavy atom. The van der Waals surface area contributed by atoms with E-state index in [4.69, 9.17) is 5.73 Å². The molecule has 4 heteroatoms. The van der Waals surface area contributed by atoms with Crippen LogP contribution in [0, 0.1) is 0 Å². The molecule has 0 fully saturated rings. The Labute approximate surface area is 164 Å². The first-order valence-corrected chi connectivity index (χ1v) is 10.7. The summed E-state index contributed by atoms with van der Waals surface area (Å²) in [7, 11) is 0. The number of fused-ring (bicyclic) bond motifs is 4. The van der Waals surface area contributed by atoms with Gasteiger partial charge in [0.25, 0.3) is 0 Å². The fourth-order valence-corrected chi connectivity index (χ4v) is 6.16. The van der Waals surface area contributed by atoms with E-state index in [-0.39, 0.29) is 6.04 Å². The molecule has 0 spiro atoms. The largest absolute Gasteiger partial charge is 0.398 e. The number of hydrogen-bond donors (Lipinski definition) is 2. The molecule has 0 bridgehead atoms. The van der Waals surface area contributed by atoms with Gasteiger partial charge in [0.2, 0.25) is 0 Å². The predicted octanol–water partition coefficient (Wildman–Crippen LogP) is 4.73. The van der Waals surface area contributed by atoms with E-state index in [0.717, 1.165) is 42.5 Å². The second-order valence-corrected chi connectivity index (χ2v) is 9.12. The predicted molar refractivity (Wildman–Crippen MR) is 109 cm³/mol. The third-order valence-electron chi connectivity index (χ3n) is 7.43. The summed E-state index contributed by atoms with van der Waals surface area (Å²) in [6.07, 6.45) is 5.78. The van der Waals surface area contributed by atoms with Gasteiger partial charge in [-0.15, -0.1) is 0 Å². The molecule has 2 nitrogen and oxygen atoms in total. The van der Waals surface area contributed by atoms with Crippen LogP contribution >= 0.6 is 0 Å². The number of hydrogen-bond acceptors (Lipinski definition) is 2. The van der Waals surface area contributed by atoms with Crippen molar-refractivity contribution in [3.8, 4) is 0 Å². The zero-order valence-electron chi connectivity index (χ0n) is 16.1. The number of aryl methyl sites for hydroxylation is 1. The maximum atomic E-state index is 14.2. The fourth-order valence-electron chi connectivity index (χ4n) is 6.16. The van der Waals surface area contributed by atoms with Crippen LogP contribution in [-0.2, 0) is 44.9 Å². The van der Waals surface area contributed by atoms with E-state index in [9.17, 15) is 8.78 Å². The summed E-state index contributed by atoms with van der Waals surface area (Å²) in [5, 5.41) is 3.83. The smallest absolute Gasteiger partial charge is 0.108 e. The molecule has 0 aliphatic heterocycles. The van der Waals surface area contributed by atoms with E-state index >= 15 is 0 Å². The fraction of sp³-hybridized carbons (Fsp3) is 0.500. The monoisotopic (exact) mass is 380 g/mol. The molecular formula is C24H26F2N2. The van der Waals surface area contributed by atoms with Gasteiger partial charge in [0.15, 0.2) is 0 Å². The number of nitrogens with two attached hydrogens (primary N) is 1. The summed E-state index contributed by atoms with van der Waals surface area (Å²) in [5.74, 6) is 0. The Bertz CT molecular complexity index is 997. The van der Waals surface area contributed by atoms with E-state index < -0.39 is 12.3 Å². The Morgan fingerprint density at radius 3 is 2.36 bits per heavy atom. The number of alkyl halides is 2. The van der Waals surface area contributed by atoms with E-state index in [1.54, 1.807) is 0 Å². The van der Waals surface area contributed by atoms with Crippen LogP contribution < -0.4 is 11.1 Å². The van der Waals surface area contributed by atoms with Crippen LogP contribution in [0.5, 0.6) is 0 Å². The molecular weight excluding hydrogens is 354 g/mol. The third kappa shape index (κ3) is 2.36. The normalized spacial score (nSPS) is 26.9. The van der Waals surface area contributed by atoms with Crippen molar-refractivity contribution in [3.63, 3.8) is 0 Å². The highest BCUT2D eigenvalue weighted by Gasteiger charge is 2.34. The molecule has 1 unspecified atom stereocenters. The van der Waals surface area contributed by atoms with Gasteiger partial charge in [0, 0.05) is 37.1 Å². The molecule has 6 rings (SSSR count). The van der Waals surface area contributed by atoms with Crippen LogP contribution in [0.15, 0.2) is 12.1 Å². The second-order valence-electron chi connectivity index (χ2n) is 9.12. The molecule has 0 saturated carbocycles. The molecule has 4 aliphatic rings. The topological polar surface area (TPSA) is 38.0 Å². The quantitative estimate of drug-likeness (QED) is 0.739. The summed E-state index contributed by atoms with van der Waals surface area (Å²) >= 11 is 0. The molecule has 0 saturated heterocycles. The van der Waals surface area contributed by atoms with Crippen molar-refractivity contribution < 1.29 is 8.78 Å². The van der Waals surface area contributed by atoms with Gasteiger partial charge in [-0.25, -0.2) is 8.78 Å². The van der Waals surface area contributed by atoms with E-state index in [1.807, 2.05) is 0 Å². The summed E-state index contributed by atoms with van der Waals surface area (Å²) in [6, 6.07) is 4.65. The van der Waals surface area contributed by atoms with E-state index in [1.165, 1.54) is 45.5 Å². The molecule has 3 atom stereocenters. The second kappa shape index (κ2) is 5.95. The summed E-state index contributed by atoms with van der Waals surface area (Å²) in [5.41, 5.74) is 18.2. The maximum Gasteiger partial charge on any atom is 0.108 e. The van der Waals surface area contributed by atoms with Gasteiger partial charge < -0.3 is 11.1 Å². The SMILES string of the molecule is Nc1c2c(cc3c1CCC3Nc1c3c(cc4c1C[C@H](F)C4)CCC3)C[C@H](F)C2. The molecule has 2 aromatic carbocycles. The van der Waals surface area contributed by atoms with Crippen LogP contribution in [0.4, 0.5) is 20.2 Å². The van der Waals surface area contributed by atoms with Crippen LogP contribution in [0.25, 0.3) is 0 Å². The summed E-state index contributed by atoms with van der Waals surface area (Å²) < 4.78 is 28.1. The molecule has 2 aromatic rings. The lowest BCUT2D eigenvalue weighted by Crippen LogP contribution is -2.12. The summed E-state index contributed by atoms with van der Waals surface area (Å²) in [4.78, 5) is 0. The first-order chi connectivity index (χ1) is 13.6. The van der Waals surface area contributed by atoms with Gasteiger partial charge in [-0.05, 0) is 76.6 Å². The average molecular weight is 380 g/mol. The van der Waals surface area contributed by atoms with Crippen LogP contribution in [-0.4, -0.2) is 12.3 Å². The zero-order chi connectivity index (χ0) is 19.0. The van der Waals surface area contributed by atoms with Gasteiger partial charge in [-0.2, -0.15) is 0 Å². The number of halogens is 2. The van der Waals surface area contributed by atoms with Crippen molar-refractivity contribution in [1.82, 2.24) is 0 Å². The standard InChI is InChI=1S/C24H26F2N2/c25-15-8-14-9-21-18(23(27)19(14)10-15)4-5-22(21)28-24-17-3-1-2-12(17)6-13-7-16(26)11-20(13)24/h6,9,15-16,22,28H,1-5,7-8,10-11,27H2/t15-,16+,22?/m0/s1. The minimum Gasteiger partial charge on any atom is -0.398 e. The van der Waals surface area contributed by atoms with Crippen molar-refractivity contribution in [1.29, 1.82) is 0 Å². The molecule has 28 heavy (non-hydrogen) atoms. The van der Waals surface area contributed by atoms with Crippen molar-refractivity contribution in [3.05, 3.63) is 56.6 Å². The molecule has 3 N–H and O–H groups in total. The zero-order valence-corrected chi connectivity index (χ0v) is 16.1. The maximum absolute atomic E-state index is 14.2. The van der Waals surface area contributed by atoms with Gasteiger partial charge in [-0.3, -0.25) is 0 Å².